The van der Waals surface area contributed by atoms with Crippen LogP contribution in [0.2, 0.25) is 0 Å². The lowest BCUT2D eigenvalue weighted by Crippen LogP contribution is -2.37. The lowest BCUT2D eigenvalue weighted by Gasteiger charge is -2.34. The first-order valence-electron chi connectivity index (χ1n) is 7.26. The largest absolute Gasteiger partial charge is 0.377 e. The molecule has 0 saturated carbocycles. The van der Waals surface area contributed by atoms with Crippen molar-refractivity contribution >= 4 is 15.7 Å². The van der Waals surface area contributed by atoms with Crippen LogP contribution in [0.3, 0.4) is 0 Å². The van der Waals surface area contributed by atoms with Gasteiger partial charge in [0.2, 0.25) is 0 Å². The second-order valence-corrected chi connectivity index (χ2v) is 7.25. The maximum atomic E-state index is 13.1. The van der Waals surface area contributed by atoms with Crippen molar-refractivity contribution in [2.75, 3.05) is 18.0 Å². The van der Waals surface area contributed by atoms with Crippen LogP contribution >= 0.6 is 0 Å². The summed E-state index contributed by atoms with van der Waals surface area (Å²) in [7, 11) is -1.90. The molecule has 1 unspecified atom stereocenters. The van der Waals surface area contributed by atoms with Gasteiger partial charge in [-0.05, 0) is 31.0 Å². The van der Waals surface area contributed by atoms with Crippen LogP contribution in [0.5, 0.6) is 0 Å². The van der Waals surface area contributed by atoms with Crippen LogP contribution in [0.4, 0.5) is 5.69 Å². The van der Waals surface area contributed by atoms with Crippen molar-refractivity contribution in [3.8, 4) is 0 Å². The van der Waals surface area contributed by atoms with Crippen LogP contribution in [0.15, 0.2) is 53.4 Å². The van der Waals surface area contributed by atoms with Gasteiger partial charge in [-0.15, -0.1) is 0 Å². The zero-order valence-corrected chi connectivity index (χ0v) is 13.5. The Bertz CT molecular complexity index is 786. The summed E-state index contributed by atoms with van der Waals surface area (Å²) < 4.78 is 33.1. The minimum atomic E-state index is -3.56. The zero-order valence-electron chi connectivity index (χ0n) is 12.7. The summed E-state index contributed by atoms with van der Waals surface area (Å²) in [5.74, 6) is 0. The lowest BCUT2D eigenvalue weighted by atomic mass is 10.0. The van der Waals surface area contributed by atoms with Gasteiger partial charge in [0.15, 0.2) is 0 Å². The van der Waals surface area contributed by atoms with Crippen molar-refractivity contribution in [3.63, 3.8) is 0 Å². The van der Waals surface area contributed by atoms with E-state index in [-0.39, 0.29) is 6.10 Å². The summed E-state index contributed by atoms with van der Waals surface area (Å²) in [6.45, 7) is 2.24. The number of rotatable bonds is 3. The molecule has 1 atom stereocenters. The number of fused-ring (bicyclic) bond motifs is 1. The van der Waals surface area contributed by atoms with E-state index in [9.17, 15) is 8.42 Å². The molecule has 3 rings (SSSR count). The highest BCUT2D eigenvalue weighted by Crippen LogP contribution is 2.38. The Morgan fingerprint density at radius 1 is 1.09 bits per heavy atom. The number of benzene rings is 2. The van der Waals surface area contributed by atoms with Crippen LogP contribution in [0.25, 0.3) is 0 Å². The van der Waals surface area contributed by atoms with Gasteiger partial charge in [-0.25, -0.2) is 8.42 Å². The van der Waals surface area contributed by atoms with Gasteiger partial charge < -0.3 is 4.74 Å². The van der Waals surface area contributed by atoms with Crippen molar-refractivity contribution in [1.82, 2.24) is 0 Å². The Hall–Kier alpha value is -1.85. The van der Waals surface area contributed by atoms with Crippen molar-refractivity contribution < 1.29 is 13.2 Å². The smallest absolute Gasteiger partial charge is 0.264 e. The van der Waals surface area contributed by atoms with Crippen molar-refractivity contribution in [2.24, 2.45) is 0 Å². The molecule has 22 heavy (non-hydrogen) atoms. The molecule has 0 fully saturated rings. The topological polar surface area (TPSA) is 46.6 Å². The quantitative estimate of drug-likeness (QED) is 0.873. The van der Waals surface area contributed by atoms with Gasteiger partial charge in [-0.1, -0.05) is 36.4 Å². The van der Waals surface area contributed by atoms with E-state index in [1.807, 2.05) is 43.3 Å². The molecule has 4 nitrogen and oxygen atoms in total. The number of nitrogens with zero attached hydrogens (tertiary/aromatic N) is 1. The van der Waals surface area contributed by atoms with E-state index in [0.29, 0.717) is 23.5 Å². The number of para-hydroxylation sites is 1. The molecule has 5 heteroatoms. The van der Waals surface area contributed by atoms with Crippen LogP contribution in [-0.2, 0) is 14.8 Å². The molecular formula is C17H19NO3S. The van der Waals surface area contributed by atoms with Gasteiger partial charge in [0, 0.05) is 19.2 Å². The maximum Gasteiger partial charge on any atom is 0.264 e. The van der Waals surface area contributed by atoms with E-state index in [1.54, 1.807) is 19.2 Å². The number of anilines is 1. The molecule has 0 radical (unpaired) electrons. The minimum Gasteiger partial charge on any atom is -0.377 e. The van der Waals surface area contributed by atoms with Crippen molar-refractivity contribution in [3.05, 3.63) is 59.7 Å². The molecule has 0 saturated heterocycles. The average Bonchev–Trinajstić information content (AvgIpc) is 2.54. The Balaban J connectivity index is 2.11. The number of sulfonamides is 1. The second-order valence-electron chi connectivity index (χ2n) is 5.41. The Morgan fingerprint density at radius 3 is 2.50 bits per heavy atom. The summed E-state index contributed by atoms with van der Waals surface area (Å²) >= 11 is 0. The van der Waals surface area contributed by atoms with Gasteiger partial charge in [0.05, 0.1) is 16.7 Å². The van der Waals surface area contributed by atoms with Crippen LogP contribution in [0.1, 0.15) is 23.7 Å². The maximum absolute atomic E-state index is 13.1. The van der Waals surface area contributed by atoms with E-state index >= 15 is 0 Å². The molecule has 116 valence electrons. The molecule has 0 N–H and O–H groups in total. The highest BCUT2D eigenvalue weighted by molar-refractivity contribution is 7.92. The Labute approximate surface area is 131 Å². The second kappa shape index (κ2) is 5.74. The monoisotopic (exact) mass is 317 g/mol. The van der Waals surface area contributed by atoms with E-state index in [0.717, 1.165) is 11.1 Å². The highest BCUT2D eigenvalue weighted by Gasteiger charge is 2.33. The summed E-state index contributed by atoms with van der Waals surface area (Å²) in [6.07, 6.45) is 0.595. The van der Waals surface area contributed by atoms with Crippen LogP contribution < -0.4 is 4.31 Å². The van der Waals surface area contributed by atoms with Crippen LogP contribution in [0, 0.1) is 6.92 Å². The van der Waals surface area contributed by atoms with E-state index in [1.165, 1.54) is 4.31 Å². The summed E-state index contributed by atoms with van der Waals surface area (Å²) in [4.78, 5) is 0.362. The highest BCUT2D eigenvalue weighted by atomic mass is 32.2. The fourth-order valence-corrected chi connectivity index (χ4v) is 4.69. The first kappa shape index (κ1) is 15.1. The molecule has 1 aliphatic heterocycles. The normalized spacial score (nSPS) is 18.1. The predicted octanol–water partition coefficient (Wildman–Crippen LogP) is 3.28. The number of aryl methyl sites for hydroxylation is 1. The van der Waals surface area contributed by atoms with Gasteiger partial charge in [0.1, 0.15) is 0 Å². The molecule has 0 aromatic heterocycles. The van der Waals surface area contributed by atoms with Gasteiger partial charge >= 0.3 is 0 Å². The number of methoxy groups -OCH3 is 1. The van der Waals surface area contributed by atoms with Crippen molar-refractivity contribution in [1.29, 1.82) is 0 Å². The Kier molecular flexibility index (Phi) is 3.93. The van der Waals surface area contributed by atoms with E-state index < -0.39 is 10.0 Å². The molecular weight excluding hydrogens is 298 g/mol. The first-order chi connectivity index (χ1) is 10.6. The molecule has 2 aromatic rings. The zero-order chi connectivity index (χ0) is 15.7. The molecule has 0 spiro atoms. The number of hydrogen-bond donors (Lipinski definition) is 0. The molecule has 1 aliphatic rings. The van der Waals surface area contributed by atoms with Gasteiger partial charge in [-0.2, -0.15) is 0 Å². The first-order valence-corrected chi connectivity index (χ1v) is 8.70. The fourth-order valence-electron chi connectivity index (χ4n) is 2.96. The number of hydrogen-bond acceptors (Lipinski definition) is 3. The number of ether oxygens (including phenoxy) is 1. The fraction of sp³-hybridized carbons (Fsp3) is 0.294. The van der Waals surface area contributed by atoms with Crippen LogP contribution in [-0.4, -0.2) is 22.1 Å². The third-order valence-electron chi connectivity index (χ3n) is 4.09. The minimum absolute atomic E-state index is 0.0560. The SMILES string of the molecule is COC1CCN(S(=O)(=O)c2ccccc2C)c2ccccc21. The molecule has 0 bridgehead atoms. The Morgan fingerprint density at radius 2 is 1.77 bits per heavy atom. The summed E-state index contributed by atoms with van der Waals surface area (Å²) in [6, 6.07) is 14.6. The molecule has 1 heterocycles. The third kappa shape index (κ3) is 2.40. The summed E-state index contributed by atoms with van der Waals surface area (Å²) in [5, 5.41) is 0. The van der Waals surface area contributed by atoms with Gasteiger partial charge in [-0.3, -0.25) is 4.31 Å². The van der Waals surface area contributed by atoms with Crippen molar-refractivity contribution in [2.45, 2.75) is 24.3 Å². The predicted molar refractivity (Wildman–Crippen MR) is 86.5 cm³/mol. The van der Waals surface area contributed by atoms with Gasteiger partial charge in [0.25, 0.3) is 10.0 Å². The van der Waals surface area contributed by atoms with E-state index in [2.05, 4.69) is 0 Å². The molecule has 0 amide bonds. The summed E-state index contributed by atoms with van der Waals surface area (Å²) in [5.41, 5.74) is 2.39. The average molecular weight is 317 g/mol. The standard InChI is InChI=1S/C17H19NO3S/c1-13-7-3-6-10-17(13)22(19,20)18-12-11-16(21-2)14-8-4-5-9-15(14)18/h3-10,16H,11-12H2,1-2H3. The molecule has 0 aliphatic carbocycles. The lowest BCUT2D eigenvalue weighted by molar-refractivity contribution is 0.0951. The van der Waals surface area contributed by atoms with E-state index in [4.69, 9.17) is 4.74 Å². The molecule has 2 aromatic carbocycles. The third-order valence-corrected chi connectivity index (χ3v) is 6.07.